The molecular formula is C20H16FN3O2. The van der Waals surface area contributed by atoms with Crippen molar-refractivity contribution in [3.05, 3.63) is 89.5 Å². The molecule has 2 aromatic carbocycles. The molecule has 0 radical (unpaired) electrons. The highest BCUT2D eigenvalue weighted by Crippen LogP contribution is 2.13. The number of benzene rings is 2. The average molecular weight is 349 g/mol. The molecule has 0 aliphatic rings. The lowest BCUT2D eigenvalue weighted by molar-refractivity contribution is 0.101. The van der Waals surface area contributed by atoms with E-state index in [0.717, 1.165) is 5.56 Å². The number of rotatable bonds is 4. The summed E-state index contributed by atoms with van der Waals surface area (Å²) in [6.45, 7) is 1.92. The van der Waals surface area contributed by atoms with Crippen LogP contribution in [0.15, 0.2) is 66.7 Å². The summed E-state index contributed by atoms with van der Waals surface area (Å²) in [6, 6.07) is 17.4. The molecule has 2 amide bonds. The Hall–Kier alpha value is -3.54. The fourth-order valence-electron chi connectivity index (χ4n) is 2.33. The van der Waals surface area contributed by atoms with Gasteiger partial charge in [-0.1, -0.05) is 18.2 Å². The second-order valence-electron chi connectivity index (χ2n) is 5.69. The molecule has 130 valence electrons. The second-order valence-corrected chi connectivity index (χ2v) is 5.69. The van der Waals surface area contributed by atoms with E-state index in [-0.39, 0.29) is 11.4 Å². The smallest absolute Gasteiger partial charge is 0.274 e. The van der Waals surface area contributed by atoms with Crippen molar-refractivity contribution in [1.29, 1.82) is 0 Å². The van der Waals surface area contributed by atoms with Crippen molar-refractivity contribution < 1.29 is 14.0 Å². The van der Waals surface area contributed by atoms with Gasteiger partial charge in [0.2, 0.25) is 0 Å². The highest BCUT2D eigenvalue weighted by atomic mass is 19.1. The highest BCUT2D eigenvalue weighted by Gasteiger charge is 2.13. The summed E-state index contributed by atoms with van der Waals surface area (Å²) in [5.41, 5.74) is 2.32. The number of aromatic nitrogens is 1. The van der Waals surface area contributed by atoms with Gasteiger partial charge in [-0.05, 0) is 61.0 Å². The maximum atomic E-state index is 12.9. The van der Waals surface area contributed by atoms with E-state index in [4.69, 9.17) is 0 Å². The number of halogens is 1. The van der Waals surface area contributed by atoms with Gasteiger partial charge in [-0.2, -0.15) is 0 Å². The van der Waals surface area contributed by atoms with Crippen molar-refractivity contribution in [3.8, 4) is 0 Å². The van der Waals surface area contributed by atoms with E-state index < -0.39 is 17.6 Å². The predicted molar refractivity (Wildman–Crippen MR) is 97.7 cm³/mol. The van der Waals surface area contributed by atoms with Gasteiger partial charge >= 0.3 is 0 Å². The van der Waals surface area contributed by atoms with Crippen LogP contribution >= 0.6 is 0 Å². The Kier molecular flexibility index (Phi) is 5.03. The molecule has 0 atom stereocenters. The van der Waals surface area contributed by atoms with E-state index in [1.54, 1.807) is 12.1 Å². The molecule has 0 aliphatic heterocycles. The van der Waals surface area contributed by atoms with E-state index in [1.807, 2.05) is 25.1 Å². The SMILES string of the molecule is Cc1cccc(NC(=O)c2cccc(C(=O)Nc3ccc(F)cc3)n2)c1. The van der Waals surface area contributed by atoms with Crippen LogP contribution in [0.4, 0.5) is 15.8 Å². The summed E-state index contributed by atoms with van der Waals surface area (Å²) in [4.78, 5) is 28.7. The van der Waals surface area contributed by atoms with Crippen LogP contribution in [0.5, 0.6) is 0 Å². The van der Waals surface area contributed by atoms with Gasteiger partial charge in [-0.25, -0.2) is 9.37 Å². The molecule has 0 aliphatic carbocycles. The van der Waals surface area contributed by atoms with E-state index in [1.165, 1.54) is 36.4 Å². The summed E-state index contributed by atoms with van der Waals surface area (Å²) >= 11 is 0. The van der Waals surface area contributed by atoms with Crippen molar-refractivity contribution in [2.75, 3.05) is 10.6 Å². The number of pyridine rings is 1. The number of carbonyl (C=O) groups excluding carboxylic acids is 2. The van der Waals surface area contributed by atoms with Gasteiger partial charge in [0.25, 0.3) is 11.8 Å². The lowest BCUT2D eigenvalue weighted by Gasteiger charge is -2.08. The summed E-state index contributed by atoms with van der Waals surface area (Å²) < 4.78 is 12.9. The zero-order valence-corrected chi connectivity index (χ0v) is 14.0. The van der Waals surface area contributed by atoms with E-state index in [2.05, 4.69) is 15.6 Å². The molecule has 1 aromatic heterocycles. The second kappa shape index (κ2) is 7.57. The minimum absolute atomic E-state index is 0.0891. The van der Waals surface area contributed by atoms with Crippen LogP contribution in [0.3, 0.4) is 0 Å². The number of aryl methyl sites for hydroxylation is 1. The first-order valence-electron chi connectivity index (χ1n) is 7.93. The van der Waals surface area contributed by atoms with E-state index >= 15 is 0 Å². The molecule has 3 rings (SSSR count). The Bertz CT molecular complexity index is 955. The number of hydrogen-bond acceptors (Lipinski definition) is 3. The Morgan fingerprint density at radius 1 is 0.808 bits per heavy atom. The van der Waals surface area contributed by atoms with Gasteiger partial charge in [0.05, 0.1) is 0 Å². The number of nitrogens with one attached hydrogen (secondary N) is 2. The number of nitrogens with zero attached hydrogens (tertiary/aromatic N) is 1. The first-order chi connectivity index (χ1) is 12.5. The molecule has 26 heavy (non-hydrogen) atoms. The zero-order valence-electron chi connectivity index (χ0n) is 14.0. The fraction of sp³-hybridized carbons (Fsp3) is 0.0500. The molecule has 0 fully saturated rings. The van der Waals surface area contributed by atoms with Crippen LogP contribution in [-0.4, -0.2) is 16.8 Å². The van der Waals surface area contributed by atoms with Crippen molar-refractivity contribution in [3.63, 3.8) is 0 Å². The molecule has 3 aromatic rings. The van der Waals surface area contributed by atoms with Crippen LogP contribution in [0.1, 0.15) is 26.5 Å². The molecule has 6 heteroatoms. The molecule has 0 spiro atoms. The number of carbonyl (C=O) groups is 2. The molecule has 0 unspecified atom stereocenters. The molecule has 0 bridgehead atoms. The number of anilines is 2. The topological polar surface area (TPSA) is 71.1 Å². The Morgan fingerprint density at radius 3 is 2.00 bits per heavy atom. The molecule has 1 heterocycles. The maximum Gasteiger partial charge on any atom is 0.274 e. The van der Waals surface area contributed by atoms with Crippen molar-refractivity contribution in [2.45, 2.75) is 6.92 Å². The van der Waals surface area contributed by atoms with Gasteiger partial charge in [-0.15, -0.1) is 0 Å². The van der Waals surface area contributed by atoms with Crippen LogP contribution < -0.4 is 10.6 Å². The summed E-state index contributed by atoms with van der Waals surface area (Å²) in [6.07, 6.45) is 0. The monoisotopic (exact) mass is 349 g/mol. The average Bonchev–Trinajstić information content (AvgIpc) is 2.64. The van der Waals surface area contributed by atoms with E-state index in [9.17, 15) is 14.0 Å². The molecular weight excluding hydrogens is 333 g/mol. The van der Waals surface area contributed by atoms with E-state index in [0.29, 0.717) is 11.4 Å². The van der Waals surface area contributed by atoms with Crippen LogP contribution in [0.25, 0.3) is 0 Å². The fourth-order valence-corrected chi connectivity index (χ4v) is 2.33. The predicted octanol–water partition coefficient (Wildman–Crippen LogP) is 4.03. The van der Waals surface area contributed by atoms with Crippen LogP contribution in [-0.2, 0) is 0 Å². The van der Waals surface area contributed by atoms with Gasteiger partial charge in [0.1, 0.15) is 17.2 Å². The molecule has 0 saturated carbocycles. The van der Waals surface area contributed by atoms with Crippen molar-refractivity contribution >= 4 is 23.2 Å². The van der Waals surface area contributed by atoms with Gasteiger partial charge in [-0.3, -0.25) is 9.59 Å². The Balaban J connectivity index is 1.73. The third kappa shape index (κ3) is 4.30. The third-order valence-electron chi connectivity index (χ3n) is 3.59. The Morgan fingerprint density at radius 2 is 1.38 bits per heavy atom. The summed E-state index contributed by atoms with van der Waals surface area (Å²) in [7, 11) is 0. The first-order valence-corrected chi connectivity index (χ1v) is 7.93. The molecule has 0 saturated heterocycles. The lowest BCUT2D eigenvalue weighted by Crippen LogP contribution is -2.18. The maximum absolute atomic E-state index is 12.9. The lowest BCUT2D eigenvalue weighted by atomic mass is 10.2. The standard InChI is InChI=1S/C20H16FN3O2/c1-13-4-2-5-16(12-13)23-20(26)18-7-3-6-17(24-18)19(25)22-15-10-8-14(21)9-11-15/h2-12H,1H3,(H,22,25)(H,23,26). The van der Waals surface area contributed by atoms with Crippen LogP contribution in [0, 0.1) is 12.7 Å². The minimum atomic E-state index is -0.484. The number of hydrogen-bond donors (Lipinski definition) is 2. The number of amides is 2. The largest absolute Gasteiger partial charge is 0.321 e. The van der Waals surface area contributed by atoms with Gasteiger partial charge < -0.3 is 10.6 Å². The normalized spacial score (nSPS) is 10.2. The van der Waals surface area contributed by atoms with Gasteiger partial charge in [0.15, 0.2) is 0 Å². The summed E-state index contributed by atoms with van der Waals surface area (Å²) in [5.74, 6) is -1.29. The molecule has 2 N–H and O–H groups in total. The quantitative estimate of drug-likeness (QED) is 0.747. The zero-order chi connectivity index (χ0) is 18.5. The third-order valence-corrected chi connectivity index (χ3v) is 3.59. The summed E-state index contributed by atoms with van der Waals surface area (Å²) in [5, 5.41) is 5.36. The first kappa shape index (κ1) is 17.3. The molecule has 5 nitrogen and oxygen atoms in total. The Labute approximate surface area is 149 Å². The minimum Gasteiger partial charge on any atom is -0.321 e. The van der Waals surface area contributed by atoms with Crippen molar-refractivity contribution in [2.24, 2.45) is 0 Å². The highest BCUT2D eigenvalue weighted by molar-refractivity contribution is 6.06. The van der Waals surface area contributed by atoms with Crippen LogP contribution in [0.2, 0.25) is 0 Å². The van der Waals surface area contributed by atoms with Gasteiger partial charge in [0, 0.05) is 11.4 Å². The van der Waals surface area contributed by atoms with Crippen molar-refractivity contribution in [1.82, 2.24) is 4.98 Å².